The van der Waals surface area contributed by atoms with Gasteiger partial charge in [-0.2, -0.15) is 4.31 Å². The van der Waals surface area contributed by atoms with Crippen LogP contribution in [0.15, 0.2) is 18.2 Å². The Hall–Kier alpha value is -0.910. The average Bonchev–Trinajstić information content (AvgIpc) is 2.53. The van der Waals surface area contributed by atoms with Crippen molar-refractivity contribution in [2.24, 2.45) is 0 Å². The highest BCUT2D eigenvalue weighted by Gasteiger charge is 2.35. The number of ether oxygens (including phenoxy) is 1. The number of hydrogen-bond acceptors (Lipinski definition) is 3. The van der Waals surface area contributed by atoms with Gasteiger partial charge in [0.2, 0.25) is 10.0 Å². The third-order valence-electron chi connectivity index (χ3n) is 5.00. The Balaban J connectivity index is 1.84. The number of nitrogens with zero attached hydrogens (tertiary/aromatic N) is 1. The largest absolute Gasteiger partial charge is 0.381 e. The lowest BCUT2D eigenvalue weighted by atomic mass is 9.84. The van der Waals surface area contributed by atoms with E-state index in [2.05, 4.69) is 39.0 Å². The summed E-state index contributed by atoms with van der Waals surface area (Å²) in [5, 5.41) is -0.274. The van der Waals surface area contributed by atoms with Crippen molar-refractivity contribution in [1.82, 2.24) is 4.31 Å². The van der Waals surface area contributed by atoms with E-state index < -0.39 is 10.0 Å². The van der Waals surface area contributed by atoms with Crippen LogP contribution in [0.1, 0.15) is 50.3 Å². The SMILES string of the molecule is CC(C)(C)c1ccc2c(c1)CN(S(=O)(=O)C1CCOCC1)CC2. The number of rotatable bonds is 2. The van der Waals surface area contributed by atoms with E-state index in [4.69, 9.17) is 4.74 Å². The molecular formula is C18H27NO3S. The third-order valence-corrected chi connectivity index (χ3v) is 7.34. The van der Waals surface area contributed by atoms with Crippen LogP contribution in [0.3, 0.4) is 0 Å². The fraction of sp³-hybridized carbons (Fsp3) is 0.667. The van der Waals surface area contributed by atoms with Gasteiger partial charge in [0.15, 0.2) is 0 Å². The smallest absolute Gasteiger partial charge is 0.217 e. The Morgan fingerprint density at radius 2 is 1.83 bits per heavy atom. The number of benzene rings is 1. The van der Waals surface area contributed by atoms with Gasteiger partial charge >= 0.3 is 0 Å². The van der Waals surface area contributed by atoms with Gasteiger partial charge in [-0.05, 0) is 41.4 Å². The summed E-state index contributed by atoms with van der Waals surface area (Å²) in [5.41, 5.74) is 3.80. The van der Waals surface area contributed by atoms with Crippen LogP contribution in [0.4, 0.5) is 0 Å². The van der Waals surface area contributed by atoms with Gasteiger partial charge in [-0.15, -0.1) is 0 Å². The van der Waals surface area contributed by atoms with Gasteiger partial charge < -0.3 is 4.74 Å². The van der Waals surface area contributed by atoms with Crippen molar-refractivity contribution in [2.45, 2.75) is 57.2 Å². The quantitative estimate of drug-likeness (QED) is 0.834. The van der Waals surface area contributed by atoms with Gasteiger partial charge in [-0.1, -0.05) is 39.0 Å². The molecule has 128 valence electrons. The number of hydrogen-bond donors (Lipinski definition) is 0. The van der Waals surface area contributed by atoms with E-state index >= 15 is 0 Å². The Morgan fingerprint density at radius 3 is 2.48 bits per heavy atom. The molecule has 0 N–H and O–H groups in total. The van der Waals surface area contributed by atoms with E-state index in [-0.39, 0.29) is 10.7 Å². The number of sulfonamides is 1. The molecule has 0 amide bonds. The van der Waals surface area contributed by atoms with Crippen LogP contribution in [-0.2, 0) is 33.1 Å². The molecule has 1 aromatic carbocycles. The van der Waals surface area contributed by atoms with Crippen molar-refractivity contribution >= 4 is 10.0 Å². The van der Waals surface area contributed by atoms with Gasteiger partial charge in [0.25, 0.3) is 0 Å². The van der Waals surface area contributed by atoms with Crippen molar-refractivity contribution in [2.75, 3.05) is 19.8 Å². The molecule has 2 aliphatic heterocycles. The van der Waals surface area contributed by atoms with Crippen molar-refractivity contribution in [3.63, 3.8) is 0 Å². The molecule has 5 heteroatoms. The summed E-state index contributed by atoms with van der Waals surface area (Å²) in [7, 11) is -3.22. The van der Waals surface area contributed by atoms with Crippen molar-refractivity contribution in [3.05, 3.63) is 34.9 Å². The highest BCUT2D eigenvalue weighted by atomic mass is 32.2. The minimum absolute atomic E-state index is 0.0802. The second-order valence-electron chi connectivity index (χ2n) is 7.67. The van der Waals surface area contributed by atoms with E-state index in [9.17, 15) is 8.42 Å². The molecular weight excluding hydrogens is 310 g/mol. The Morgan fingerprint density at radius 1 is 1.13 bits per heavy atom. The molecule has 0 saturated carbocycles. The molecule has 0 aliphatic carbocycles. The van der Waals surface area contributed by atoms with Crippen LogP contribution in [0.2, 0.25) is 0 Å². The molecule has 4 nitrogen and oxygen atoms in total. The van der Waals surface area contributed by atoms with Crippen LogP contribution in [0.5, 0.6) is 0 Å². The maximum Gasteiger partial charge on any atom is 0.217 e. The summed E-state index contributed by atoms with van der Waals surface area (Å²) in [6, 6.07) is 6.55. The Labute approximate surface area is 139 Å². The summed E-state index contributed by atoms with van der Waals surface area (Å²) in [6.07, 6.45) is 2.05. The standard InChI is InChI=1S/C18H27NO3S/c1-18(2,3)16-5-4-14-6-9-19(13-15(14)12-16)23(20,21)17-7-10-22-11-8-17/h4-5,12,17H,6-11,13H2,1-3H3. The minimum atomic E-state index is -3.22. The molecule has 0 radical (unpaired) electrons. The number of fused-ring (bicyclic) bond motifs is 1. The molecule has 23 heavy (non-hydrogen) atoms. The van der Waals surface area contributed by atoms with Gasteiger partial charge in [-0.3, -0.25) is 0 Å². The molecule has 0 bridgehead atoms. The van der Waals surface area contributed by atoms with E-state index in [0.29, 0.717) is 39.1 Å². The predicted octanol–water partition coefficient (Wildman–Crippen LogP) is 2.85. The first-order chi connectivity index (χ1) is 10.8. The third kappa shape index (κ3) is 3.47. The lowest BCUT2D eigenvalue weighted by Gasteiger charge is -2.33. The van der Waals surface area contributed by atoms with Crippen LogP contribution >= 0.6 is 0 Å². The van der Waals surface area contributed by atoms with E-state index in [1.165, 1.54) is 16.7 Å². The zero-order valence-electron chi connectivity index (χ0n) is 14.3. The maximum atomic E-state index is 12.9. The summed E-state index contributed by atoms with van der Waals surface area (Å²) in [5.74, 6) is 0. The summed E-state index contributed by atoms with van der Waals surface area (Å²) in [6.45, 7) is 8.79. The lowest BCUT2D eigenvalue weighted by molar-refractivity contribution is 0.0971. The van der Waals surface area contributed by atoms with Gasteiger partial charge in [0.05, 0.1) is 5.25 Å². The van der Waals surface area contributed by atoms with Crippen molar-refractivity contribution in [3.8, 4) is 0 Å². The van der Waals surface area contributed by atoms with Gasteiger partial charge in [0, 0.05) is 26.3 Å². The van der Waals surface area contributed by atoms with Crippen molar-refractivity contribution in [1.29, 1.82) is 0 Å². The molecule has 0 atom stereocenters. The lowest BCUT2D eigenvalue weighted by Crippen LogP contribution is -2.43. The van der Waals surface area contributed by atoms with Crippen molar-refractivity contribution < 1.29 is 13.2 Å². The fourth-order valence-corrected chi connectivity index (χ4v) is 5.27. The summed E-state index contributed by atoms with van der Waals surface area (Å²) < 4.78 is 32.8. The van der Waals surface area contributed by atoms with Crippen LogP contribution in [0, 0.1) is 0 Å². The molecule has 1 aromatic rings. The average molecular weight is 337 g/mol. The first-order valence-electron chi connectivity index (χ1n) is 8.47. The maximum absolute atomic E-state index is 12.9. The van der Waals surface area contributed by atoms with Crippen LogP contribution < -0.4 is 0 Å². The van der Waals surface area contributed by atoms with E-state index in [0.717, 1.165) is 6.42 Å². The first kappa shape index (κ1) is 16.9. The second-order valence-corrected chi connectivity index (χ2v) is 9.89. The molecule has 2 heterocycles. The predicted molar refractivity (Wildman–Crippen MR) is 92.0 cm³/mol. The molecule has 2 aliphatic rings. The van der Waals surface area contributed by atoms with Crippen LogP contribution in [-0.4, -0.2) is 37.7 Å². The minimum Gasteiger partial charge on any atom is -0.381 e. The second kappa shape index (κ2) is 6.19. The highest BCUT2D eigenvalue weighted by Crippen LogP contribution is 2.30. The monoisotopic (exact) mass is 337 g/mol. The molecule has 0 spiro atoms. The topological polar surface area (TPSA) is 46.6 Å². The molecule has 3 rings (SSSR count). The Kier molecular flexibility index (Phi) is 4.55. The summed E-state index contributed by atoms with van der Waals surface area (Å²) in [4.78, 5) is 0. The molecule has 1 saturated heterocycles. The fourth-order valence-electron chi connectivity index (χ4n) is 3.40. The normalized spacial score (nSPS) is 21.2. The zero-order valence-corrected chi connectivity index (χ0v) is 15.2. The Bertz CT molecular complexity index is 670. The van der Waals surface area contributed by atoms with E-state index in [1.54, 1.807) is 4.31 Å². The van der Waals surface area contributed by atoms with Crippen LogP contribution in [0.25, 0.3) is 0 Å². The first-order valence-corrected chi connectivity index (χ1v) is 9.98. The van der Waals surface area contributed by atoms with E-state index in [1.807, 2.05) is 0 Å². The highest BCUT2D eigenvalue weighted by molar-refractivity contribution is 7.89. The van der Waals surface area contributed by atoms with Gasteiger partial charge in [0.1, 0.15) is 0 Å². The molecule has 1 fully saturated rings. The molecule has 0 aromatic heterocycles. The summed E-state index contributed by atoms with van der Waals surface area (Å²) >= 11 is 0. The molecule has 0 unspecified atom stereocenters. The zero-order chi connectivity index (χ0) is 16.7. The van der Waals surface area contributed by atoms with Gasteiger partial charge in [-0.25, -0.2) is 8.42 Å².